The highest BCUT2D eigenvalue weighted by molar-refractivity contribution is 6.16. The summed E-state index contributed by atoms with van der Waals surface area (Å²) >= 11 is 0. The van der Waals surface area contributed by atoms with Crippen molar-refractivity contribution in [2.24, 2.45) is 23.2 Å². The van der Waals surface area contributed by atoms with Crippen LogP contribution in [0, 0.1) is 23.2 Å². The quantitative estimate of drug-likeness (QED) is 0.404. The van der Waals surface area contributed by atoms with Gasteiger partial charge < -0.3 is 4.74 Å². The van der Waals surface area contributed by atoms with Gasteiger partial charge in [0.2, 0.25) is 0 Å². The third kappa shape index (κ3) is 2.79. The summed E-state index contributed by atoms with van der Waals surface area (Å²) < 4.78 is 5.71. The van der Waals surface area contributed by atoms with Crippen LogP contribution in [0.3, 0.4) is 0 Å². The number of rotatable bonds is 4. The lowest BCUT2D eigenvalue weighted by Crippen LogP contribution is -2.51. The van der Waals surface area contributed by atoms with E-state index in [2.05, 4.69) is 6.07 Å². The Labute approximate surface area is 176 Å². The van der Waals surface area contributed by atoms with Crippen LogP contribution < -0.4 is 0 Å². The molecule has 4 bridgehead atoms. The number of fused-ring (bicyclic) bond motifs is 2. The second kappa shape index (κ2) is 6.66. The maximum Gasteiger partial charge on any atom is 0.339 e. The first kappa shape index (κ1) is 18.1. The molecule has 4 fully saturated rings. The Hall–Kier alpha value is -2.68. The molecule has 0 N–H and O–H groups in total. The van der Waals surface area contributed by atoms with E-state index >= 15 is 0 Å². The molecule has 4 aliphatic carbocycles. The van der Waals surface area contributed by atoms with E-state index in [4.69, 9.17) is 4.74 Å². The van der Waals surface area contributed by atoms with Crippen molar-refractivity contribution in [3.8, 4) is 0 Å². The van der Waals surface area contributed by atoms with Gasteiger partial charge in [0.05, 0.1) is 5.56 Å². The molecule has 4 aliphatic rings. The average Bonchev–Trinajstić information content (AvgIpc) is 2.74. The molecule has 3 nitrogen and oxygen atoms in total. The van der Waals surface area contributed by atoms with E-state index < -0.39 is 0 Å². The van der Waals surface area contributed by atoms with Crippen molar-refractivity contribution in [1.29, 1.82) is 0 Å². The number of ketones is 1. The Bertz CT molecular complexity index is 1090. The number of benzene rings is 3. The molecule has 0 radical (unpaired) electrons. The summed E-state index contributed by atoms with van der Waals surface area (Å²) in [6.07, 6.45) is 6.92. The van der Waals surface area contributed by atoms with Crippen molar-refractivity contribution in [3.63, 3.8) is 0 Å². The minimum absolute atomic E-state index is 0.0947. The Balaban J connectivity index is 1.29. The van der Waals surface area contributed by atoms with Crippen molar-refractivity contribution < 1.29 is 14.3 Å². The molecule has 0 unspecified atom stereocenters. The summed E-state index contributed by atoms with van der Waals surface area (Å²) in [6.45, 7) is -0.0947. The highest BCUT2D eigenvalue weighted by atomic mass is 16.5. The van der Waals surface area contributed by atoms with Crippen LogP contribution in [0.15, 0.2) is 54.6 Å². The first-order valence-electron chi connectivity index (χ1n) is 11.2. The molecule has 0 aromatic heterocycles. The fourth-order valence-electron chi connectivity index (χ4n) is 7.04. The molecular weight excluding hydrogens is 372 g/mol. The molecule has 7 rings (SSSR count). The molecule has 0 saturated heterocycles. The second-order valence-electron chi connectivity index (χ2n) is 9.89. The van der Waals surface area contributed by atoms with Crippen molar-refractivity contribution in [3.05, 3.63) is 60.2 Å². The summed E-state index contributed by atoms with van der Waals surface area (Å²) in [5, 5.41) is 3.78. The Kier molecular flexibility index (Phi) is 4.02. The smallest absolute Gasteiger partial charge is 0.339 e. The van der Waals surface area contributed by atoms with Crippen LogP contribution >= 0.6 is 0 Å². The maximum absolute atomic E-state index is 13.3. The number of carbonyl (C=O) groups is 2. The second-order valence-corrected chi connectivity index (χ2v) is 9.89. The van der Waals surface area contributed by atoms with Crippen LogP contribution in [0.5, 0.6) is 0 Å². The molecular formula is C27H26O3. The van der Waals surface area contributed by atoms with Crippen LogP contribution in [-0.4, -0.2) is 18.4 Å². The van der Waals surface area contributed by atoms with Crippen molar-refractivity contribution in [2.45, 2.75) is 38.5 Å². The fourth-order valence-corrected chi connectivity index (χ4v) is 7.04. The zero-order valence-electron chi connectivity index (χ0n) is 17.1. The Morgan fingerprint density at radius 3 is 1.83 bits per heavy atom. The molecule has 0 heterocycles. The highest BCUT2D eigenvalue weighted by Gasteiger charge is 2.54. The summed E-state index contributed by atoms with van der Waals surface area (Å²) in [5.74, 6) is 1.88. The largest absolute Gasteiger partial charge is 0.454 e. The van der Waals surface area contributed by atoms with Gasteiger partial charge in [-0.2, -0.15) is 0 Å². The van der Waals surface area contributed by atoms with Crippen LogP contribution in [0.1, 0.15) is 48.9 Å². The third-order valence-electron chi connectivity index (χ3n) is 7.94. The molecule has 3 heteroatoms. The normalized spacial score (nSPS) is 29.4. The van der Waals surface area contributed by atoms with Gasteiger partial charge in [-0.25, -0.2) is 4.79 Å². The lowest BCUT2D eigenvalue weighted by atomic mass is 9.48. The third-order valence-corrected chi connectivity index (χ3v) is 7.94. The summed E-state index contributed by atoms with van der Waals surface area (Å²) in [7, 11) is 0. The number of hydrogen-bond acceptors (Lipinski definition) is 3. The van der Waals surface area contributed by atoms with Gasteiger partial charge in [0.25, 0.3) is 0 Å². The molecule has 152 valence electrons. The van der Waals surface area contributed by atoms with E-state index in [1.54, 1.807) is 0 Å². The highest BCUT2D eigenvalue weighted by Crippen LogP contribution is 2.60. The van der Waals surface area contributed by atoms with E-state index in [-0.39, 0.29) is 23.8 Å². The SMILES string of the molecule is O=C(OCC(=O)C12CC3CC(CC(C3)C1)C2)c1c2ccccc2cc2ccccc12. The Morgan fingerprint density at radius 2 is 1.30 bits per heavy atom. The monoisotopic (exact) mass is 398 g/mol. The van der Waals surface area contributed by atoms with Crippen LogP contribution in [0.4, 0.5) is 0 Å². The van der Waals surface area contributed by atoms with Crippen molar-refractivity contribution in [2.75, 3.05) is 6.61 Å². The van der Waals surface area contributed by atoms with Gasteiger partial charge in [-0.05, 0) is 83.9 Å². The topological polar surface area (TPSA) is 43.4 Å². The number of ether oxygens (including phenoxy) is 1. The molecule has 3 aromatic carbocycles. The van der Waals surface area contributed by atoms with Gasteiger partial charge in [-0.3, -0.25) is 4.79 Å². The summed E-state index contributed by atoms with van der Waals surface area (Å²) in [5.41, 5.74) is 0.345. The minimum Gasteiger partial charge on any atom is -0.454 e. The lowest BCUT2D eigenvalue weighted by molar-refractivity contribution is -0.147. The van der Waals surface area contributed by atoms with Gasteiger partial charge >= 0.3 is 5.97 Å². The van der Waals surface area contributed by atoms with Crippen molar-refractivity contribution >= 4 is 33.3 Å². The van der Waals surface area contributed by atoms with E-state index in [1.165, 1.54) is 19.3 Å². The number of hydrogen-bond donors (Lipinski definition) is 0. The van der Waals surface area contributed by atoms with Crippen LogP contribution in [0.25, 0.3) is 21.5 Å². The van der Waals surface area contributed by atoms with E-state index in [0.29, 0.717) is 23.3 Å². The maximum atomic E-state index is 13.3. The van der Waals surface area contributed by atoms with E-state index in [0.717, 1.165) is 40.8 Å². The molecule has 0 amide bonds. The molecule has 0 atom stereocenters. The zero-order valence-corrected chi connectivity index (χ0v) is 17.1. The van der Waals surface area contributed by atoms with Gasteiger partial charge in [0.15, 0.2) is 12.4 Å². The average molecular weight is 399 g/mol. The van der Waals surface area contributed by atoms with Crippen LogP contribution in [0.2, 0.25) is 0 Å². The molecule has 3 aromatic rings. The fraction of sp³-hybridized carbons (Fsp3) is 0.407. The van der Waals surface area contributed by atoms with E-state index in [9.17, 15) is 9.59 Å². The number of carbonyl (C=O) groups excluding carboxylic acids is 2. The van der Waals surface area contributed by atoms with Gasteiger partial charge in [-0.1, -0.05) is 48.5 Å². The lowest BCUT2D eigenvalue weighted by Gasteiger charge is -2.55. The first-order valence-corrected chi connectivity index (χ1v) is 11.2. The van der Waals surface area contributed by atoms with Gasteiger partial charge in [0.1, 0.15) is 0 Å². The first-order chi connectivity index (χ1) is 14.6. The minimum atomic E-state index is -0.388. The van der Waals surface area contributed by atoms with E-state index in [1.807, 2.05) is 48.5 Å². The van der Waals surface area contributed by atoms with Crippen molar-refractivity contribution in [1.82, 2.24) is 0 Å². The number of esters is 1. The molecule has 4 saturated carbocycles. The van der Waals surface area contributed by atoms with Gasteiger partial charge in [0, 0.05) is 5.41 Å². The molecule has 0 aliphatic heterocycles. The van der Waals surface area contributed by atoms with Crippen LogP contribution in [-0.2, 0) is 9.53 Å². The summed E-state index contributed by atoms with van der Waals surface area (Å²) in [6, 6.07) is 17.9. The summed E-state index contributed by atoms with van der Waals surface area (Å²) in [4.78, 5) is 26.5. The van der Waals surface area contributed by atoms with Gasteiger partial charge in [-0.15, -0.1) is 0 Å². The standard InChI is InChI=1S/C27H26O3/c28-24(27-13-17-9-18(14-27)11-19(10-17)15-27)16-30-26(29)25-22-7-3-1-5-20(22)12-21-6-2-4-8-23(21)25/h1-8,12,17-19H,9-11,13-16H2. The Morgan fingerprint density at radius 1 is 0.800 bits per heavy atom. The predicted molar refractivity (Wildman–Crippen MR) is 117 cm³/mol. The molecule has 0 spiro atoms. The number of Topliss-reactive ketones (excluding diaryl/α,β-unsaturated/α-hetero) is 1. The molecule has 30 heavy (non-hydrogen) atoms. The zero-order chi connectivity index (χ0) is 20.3. The predicted octanol–water partition coefficient (Wildman–Crippen LogP) is 5.94.